The minimum absolute atomic E-state index is 0.174. The van der Waals surface area contributed by atoms with Crippen molar-refractivity contribution in [3.05, 3.63) is 48.3 Å². The lowest BCUT2D eigenvalue weighted by Gasteiger charge is -2.18. The molecule has 0 amide bonds. The van der Waals surface area contributed by atoms with Crippen molar-refractivity contribution in [1.82, 2.24) is 15.1 Å². The largest absolute Gasteiger partial charge is 0.497 e. The number of aromatic nitrogens is 2. The lowest BCUT2D eigenvalue weighted by molar-refractivity contribution is 0.143. The van der Waals surface area contributed by atoms with Gasteiger partial charge in [0.15, 0.2) is 0 Å². The second-order valence-corrected chi connectivity index (χ2v) is 4.79. The van der Waals surface area contributed by atoms with Gasteiger partial charge in [0, 0.05) is 25.0 Å². The van der Waals surface area contributed by atoms with Gasteiger partial charge in [-0.3, -0.25) is 4.68 Å². The van der Waals surface area contributed by atoms with E-state index < -0.39 is 6.10 Å². The molecule has 0 radical (unpaired) electrons. The average Bonchev–Trinajstić information content (AvgIpc) is 2.97. The van der Waals surface area contributed by atoms with Crippen LogP contribution < -0.4 is 10.1 Å². The molecule has 5 nitrogen and oxygen atoms in total. The van der Waals surface area contributed by atoms with Gasteiger partial charge < -0.3 is 15.2 Å². The highest BCUT2D eigenvalue weighted by Gasteiger charge is 2.09. The van der Waals surface area contributed by atoms with Gasteiger partial charge in [-0.15, -0.1) is 0 Å². The predicted octanol–water partition coefficient (Wildman–Crippen LogP) is 1.60. The molecule has 20 heavy (non-hydrogen) atoms. The Balaban J connectivity index is 1.80. The van der Waals surface area contributed by atoms with Crippen molar-refractivity contribution in [1.29, 1.82) is 0 Å². The van der Waals surface area contributed by atoms with E-state index >= 15 is 0 Å². The molecule has 1 aromatic heterocycles. The summed E-state index contributed by atoms with van der Waals surface area (Å²) in [6.45, 7) is 3.09. The van der Waals surface area contributed by atoms with E-state index in [0.717, 1.165) is 11.3 Å². The fourth-order valence-corrected chi connectivity index (χ4v) is 2.01. The van der Waals surface area contributed by atoms with Crippen LogP contribution in [0.15, 0.2) is 42.7 Å². The molecule has 2 atom stereocenters. The first-order chi connectivity index (χ1) is 9.69. The molecule has 2 N–H and O–H groups in total. The summed E-state index contributed by atoms with van der Waals surface area (Å²) in [5.41, 5.74) is 1.16. The summed E-state index contributed by atoms with van der Waals surface area (Å²) < 4.78 is 6.86. The average molecular weight is 275 g/mol. The van der Waals surface area contributed by atoms with Crippen molar-refractivity contribution in [2.45, 2.75) is 25.6 Å². The SMILES string of the molecule is COc1ccc([C@@H](C)NCC(O)Cn2cccn2)cc1. The van der Waals surface area contributed by atoms with Crippen LogP contribution in [0.25, 0.3) is 0 Å². The van der Waals surface area contributed by atoms with E-state index in [0.29, 0.717) is 13.1 Å². The summed E-state index contributed by atoms with van der Waals surface area (Å²) in [5.74, 6) is 0.847. The molecule has 0 aliphatic heterocycles. The maximum atomic E-state index is 9.96. The molecule has 0 fully saturated rings. The first-order valence-electron chi connectivity index (χ1n) is 6.72. The summed E-state index contributed by atoms with van der Waals surface area (Å²) in [6, 6.07) is 9.95. The van der Waals surface area contributed by atoms with Crippen molar-refractivity contribution in [3.8, 4) is 5.75 Å². The third-order valence-electron chi connectivity index (χ3n) is 3.23. The third-order valence-corrected chi connectivity index (χ3v) is 3.23. The van der Waals surface area contributed by atoms with E-state index in [2.05, 4.69) is 17.3 Å². The molecular weight excluding hydrogens is 254 g/mol. The van der Waals surface area contributed by atoms with E-state index in [9.17, 15) is 5.11 Å². The molecule has 1 heterocycles. The van der Waals surface area contributed by atoms with Crippen molar-refractivity contribution in [3.63, 3.8) is 0 Å². The Morgan fingerprint density at radius 1 is 1.35 bits per heavy atom. The standard InChI is InChI=1S/C15H21N3O2/c1-12(13-4-6-15(20-2)7-5-13)16-10-14(19)11-18-9-3-8-17-18/h3-9,12,14,16,19H,10-11H2,1-2H3/t12-,14?/m1/s1. The zero-order valence-electron chi connectivity index (χ0n) is 11.9. The maximum Gasteiger partial charge on any atom is 0.118 e. The van der Waals surface area contributed by atoms with E-state index in [-0.39, 0.29) is 6.04 Å². The number of hydrogen-bond acceptors (Lipinski definition) is 4. The minimum Gasteiger partial charge on any atom is -0.497 e. The molecule has 0 aliphatic carbocycles. The van der Waals surface area contributed by atoms with Gasteiger partial charge in [0.05, 0.1) is 19.8 Å². The highest BCUT2D eigenvalue weighted by molar-refractivity contribution is 5.28. The third kappa shape index (κ3) is 4.08. The lowest BCUT2D eigenvalue weighted by atomic mass is 10.1. The van der Waals surface area contributed by atoms with E-state index in [4.69, 9.17) is 4.74 Å². The Bertz CT molecular complexity index is 496. The number of methoxy groups -OCH3 is 1. The summed E-state index contributed by atoms with van der Waals surface area (Å²) in [7, 11) is 1.66. The highest BCUT2D eigenvalue weighted by Crippen LogP contribution is 2.17. The van der Waals surface area contributed by atoms with Gasteiger partial charge in [0.2, 0.25) is 0 Å². The molecule has 0 saturated heterocycles. The van der Waals surface area contributed by atoms with Gasteiger partial charge in [-0.2, -0.15) is 5.10 Å². The molecule has 2 rings (SSSR count). The van der Waals surface area contributed by atoms with Crippen molar-refractivity contribution >= 4 is 0 Å². The summed E-state index contributed by atoms with van der Waals surface area (Å²) in [5, 5.41) is 17.3. The number of ether oxygens (including phenoxy) is 1. The van der Waals surface area contributed by atoms with Crippen LogP contribution in [0.2, 0.25) is 0 Å². The molecule has 0 saturated carbocycles. The van der Waals surface area contributed by atoms with E-state index in [1.54, 1.807) is 18.0 Å². The molecule has 0 aliphatic rings. The fourth-order valence-electron chi connectivity index (χ4n) is 2.01. The number of nitrogens with one attached hydrogen (secondary N) is 1. The lowest BCUT2D eigenvalue weighted by Crippen LogP contribution is -2.32. The van der Waals surface area contributed by atoms with Gasteiger partial charge in [-0.1, -0.05) is 12.1 Å². The van der Waals surface area contributed by atoms with Crippen molar-refractivity contribution in [2.75, 3.05) is 13.7 Å². The van der Waals surface area contributed by atoms with Crippen LogP contribution in [-0.4, -0.2) is 34.6 Å². The Morgan fingerprint density at radius 3 is 2.70 bits per heavy atom. The number of rotatable bonds is 7. The van der Waals surface area contributed by atoms with Crippen molar-refractivity contribution < 1.29 is 9.84 Å². The van der Waals surface area contributed by atoms with Crippen LogP contribution >= 0.6 is 0 Å². The van der Waals surface area contributed by atoms with Gasteiger partial charge in [-0.25, -0.2) is 0 Å². The van der Waals surface area contributed by atoms with Gasteiger partial charge in [0.25, 0.3) is 0 Å². The Hall–Kier alpha value is -1.85. The molecular formula is C15H21N3O2. The molecule has 5 heteroatoms. The van der Waals surface area contributed by atoms with Gasteiger partial charge in [0.1, 0.15) is 5.75 Å². The van der Waals surface area contributed by atoms with Crippen LogP contribution in [-0.2, 0) is 6.54 Å². The van der Waals surface area contributed by atoms with Crippen LogP contribution in [0.1, 0.15) is 18.5 Å². The number of benzene rings is 1. The van der Waals surface area contributed by atoms with Crippen molar-refractivity contribution in [2.24, 2.45) is 0 Å². The first kappa shape index (κ1) is 14.6. The Labute approximate surface area is 119 Å². The number of aliphatic hydroxyl groups excluding tert-OH is 1. The van der Waals surface area contributed by atoms with Crippen LogP contribution in [0.3, 0.4) is 0 Å². The summed E-state index contributed by atoms with van der Waals surface area (Å²) in [6.07, 6.45) is 3.09. The van der Waals surface area contributed by atoms with Crippen LogP contribution in [0, 0.1) is 0 Å². The number of nitrogens with zero attached hydrogens (tertiary/aromatic N) is 2. The molecule has 1 aromatic carbocycles. The van der Waals surface area contributed by atoms with Crippen LogP contribution in [0.5, 0.6) is 5.75 Å². The first-order valence-corrected chi connectivity index (χ1v) is 6.72. The zero-order valence-corrected chi connectivity index (χ0v) is 11.9. The monoisotopic (exact) mass is 275 g/mol. The quantitative estimate of drug-likeness (QED) is 0.806. The zero-order chi connectivity index (χ0) is 14.4. The van der Waals surface area contributed by atoms with Crippen LogP contribution in [0.4, 0.5) is 0 Å². The fraction of sp³-hybridized carbons (Fsp3) is 0.400. The second-order valence-electron chi connectivity index (χ2n) is 4.79. The molecule has 0 spiro atoms. The molecule has 108 valence electrons. The Kier molecular flexibility index (Phi) is 5.15. The Morgan fingerprint density at radius 2 is 2.10 bits per heavy atom. The van der Waals surface area contributed by atoms with Gasteiger partial charge >= 0.3 is 0 Å². The second kappa shape index (κ2) is 7.07. The predicted molar refractivity (Wildman–Crippen MR) is 77.6 cm³/mol. The highest BCUT2D eigenvalue weighted by atomic mass is 16.5. The molecule has 0 bridgehead atoms. The minimum atomic E-state index is -0.462. The summed E-state index contributed by atoms with van der Waals surface area (Å²) in [4.78, 5) is 0. The van der Waals surface area contributed by atoms with E-state index in [1.165, 1.54) is 0 Å². The number of hydrogen-bond donors (Lipinski definition) is 2. The molecule has 2 aromatic rings. The van der Waals surface area contributed by atoms with Gasteiger partial charge in [-0.05, 0) is 30.7 Å². The molecule has 1 unspecified atom stereocenters. The maximum absolute atomic E-state index is 9.96. The number of aliphatic hydroxyl groups is 1. The summed E-state index contributed by atoms with van der Waals surface area (Å²) >= 11 is 0. The topological polar surface area (TPSA) is 59.3 Å². The van der Waals surface area contributed by atoms with E-state index in [1.807, 2.05) is 36.5 Å². The normalized spacial score (nSPS) is 13.9. The smallest absolute Gasteiger partial charge is 0.118 e.